The molecule has 0 spiro atoms. The summed E-state index contributed by atoms with van der Waals surface area (Å²) in [5.41, 5.74) is 2.30. The molecule has 2 N–H and O–H groups in total. The zero-order valence-corrected chi connectivity index (χ0v) is 14.3. The maximum atomic E-state index is 11.9. The molecule has 2 rings (SSSR count). The second-order valence-electron chi connectivity index (χ2n) is 5.71. The Kier molecular flexibility index (Phi) is 6.81. The lowest BCUT2D eigenvalue weighted by atomic mass is 10.1. The Hall–Kier alpha value is -2.34. The quantitative estimate of drug-likeness (QED) is 0.734. The second kappa shape index (κ2) is 9.08. The van der Waals surface area contributed by atoms with E-state index in [-0.39, 0.29) is 11.8 Å². The van der Waals surface area contributed by atoms with Crippen LogP contribution in [-0.2, 0) is 20.7 Å². The molecule has 6 nitrogen and oxygen atoms in total. The lowest BCUT2D eigenvalue weighted by Gasteiger charge is -2.20. The van der Waals surface area contributed by atoms with Crippen LogP contribution in [0.5, 0.6) is 0 Å². The lowest BCUT2D eigenvalue weighted by Crippen LogP contribution is -2.36. The van der Waals surface area contributed by atoms with Gasteiger partial charge in [0.2, 0.25) is 11.8 Å². The van der Waals surface area contributed by atoms with Gasteiger partial charge in [-0.3, -0.25) is 9.59 Å². The molecular weight excluding hydrogens is 306 g/mol. The Morgan fingerprint density at radius 3 is 2.79 bits per heavy atom. The predicted octanol–water partition coefficient (Wildman–Crippen LogP) is 1.71. The van der Waals surface area contributed by atoms with Crippen LogP contribution in [-0.4, -0.2) is 55.0 Å². The van der Waals surface area contributed by atoms with Crippen molar-refractivity contribution in [2.45, 2.75) is 19.8 Å². The van der Waals surface area contributed by atoms with E-state index in [0.717, 1.165) is 11.9 Å². The van der Waals surface area contributed by atoms with E-state index in [2.05, 4.69) is 16.4 Å². The molecule has 0 fully saturated rings. The van der Waals surface area contributed by atoms with Crippen molar-refractivity contribution in [1.82, 2.24) is 15.2 Å². The highest BCUT2D eigenvalue weighted by atomic mass is 16.5. The normalized spacial score (nSPS) is 10.8. The number of aromatic nitrogens is 1. The van der Waals surface area contributed by atoms with Crippen LogP contribution in [0.1, 0.15) is 18.9 Å². The number of hydrogen-bond acceptors (Lipinski definition) is 3. The van der Waals surface area contributed by atoms with Crippen molar-refractivity contribution in [2.24, 2.45) is 0 Å². The smallest absolute Gasteiger partial charge is 0.221 e. The first kappa shape index (κ1) is 18.0. The molecule has 0 saturated carbocycles. The van der Waals surface area contributed by atoms with Crippen molar-refractivity contribution in [2.75, 3.05) is 33.4 Å². The summed E-state index contributed by atoms with van der Waals surface area (Å²) in [6.07, 6.45) is 3.06. The van der Waals surface area contributed by atoms with Crippen LogP contribution >= 0.6 is 0 Å². The maximum absolute atomic E-state index is 11.9. The van der Waals surface area contributed by atoms with Crippen molar-refractivity contribution in [3.05, 3.63) is 36.0 Å². The van der Waals surface area contributed by atoms with Crippen LogP contribution in [0.25, 0.3) is 10.9 Å². The molecule has 0 radical (unpaired) electrons. The fraction of sp³-hybridized carbons (Fsp3) is 0.444. The van der Waals surface area contributed by atoms with Gasteiger partial charge in [-0.05, 0) is 18.1 Å². The number of carbonyl (C=O) groups is 2. The van der Waals surface area contributed by atoms with E-state index in [4.69, 9.17) is 4.74 Å². The summed E-state index contributed by atoms with van der Waals surface area (Å²) in [5, 5.41) is 4.10. The van der Waals surface area contributed by atoms with Crippen LogP contribution in [0.15, 0.2) is 30.5 Å². The minimum absolute atomic E-state index is 0.0429. The molecule has 1 aromatic heterocycles. The van der Waals surface area contributed by atoms with E-state index in [9.17, 15) is 9.59 Å². The Balaban J connectivity index is 1.74. The number of amides is 2. The van der Waals surface area contributed by atoms with Gasteiger partial charge >= 0.3 is 0 Å². The summed E-state index contributed by atoms with van der Waals surface area (Å²) in [4.78, 5) is 28.3. The minimum Gasteiger partial charge on any atom is -0.383 e. The molecule has 6 heteroatoms. The lowest BCUT2D eigenvalue weighted by molar-refractivity contribution is -0.130. The number of carbonyl (C=O) groups excluding carboxylic acids is 2. The third-order valence-electron chi connectivity index (χ3n) is 4.01. The van der Waals surface area contributed by atoms with Crippen molar-refractivity contribution in [3.8, 4) is 0 Å². The number of fused-ring (bicyclic) bond motifs is 1. The molecule has 0 bridgehead atoms. The number of para-hydroxylation sites is 1. The van der Waals surface area contributed by atoms with Gasteiger partial charge in [-0.1, -0.05) is 18.2 Å². The minimum atomic E-state index is -0.0430. The van der Waals surface area contributed by atoms with E-state index < -0.39 is 0 Å². The van der Waals surface area contributed by atoms with Gasteiger partial charge in [-0.15, -0.1) is 0 Å². The summed E-state index contributed by atoms with van der Waals surface area (Å²) >= 11 is 0. The molecule has 2 aromatic rings. The van der Waals surface area contributed by atoms with Crippen LogP contribution < -0.4 is 5.32 Å². The monoisotopic (exact) mass is 331 g/mol. The highest BCUT2D eigenvalue weighted by Crippen LogP contribution is 2.17. The summed E-state index contributed by atoms with van der Waals surface area (Å²) in [7, 11) is 1.59. The molecule has 0 unspecified atom stereocenters. The Labute approximate surface area is 142 Å². The van der Waals surface area contributed by atoms with E-state index in [1.807, 2.05) is 24.4 Å². The molecule has 0 aliphatic heterocycles. The fourth-order valence-corrected chi connectivity index (χ4v) is 2.63. The van der Waals surface area contributed by atoms with Gasteiger partial charge < -0.3 is 19.9 Å². The van der Waals surface area contributed by atoms with E-state index in [0.29, 0.717) is 32.7 Å². The van der Waals surface area contributed by atoms with Crippen molar-refractivity contribution < 1.29 is 14.3 Å². The van der Waals surface area contributed by atoms with Gasteiger partial charge in [0.1, 0.15) is 0 Å². The number of H-pyrrole nitrogens is 1. The van der Waals surface area contributed by atoms with Crippen LogP contribution in [0.2, 0.25) is 0 Å². The standard InChI is InChI=1S/C18H25N3O3/c1-14(22)21(11-12-24-2)10-8-18(23)19-9-7-15-13-20-17-6-4-3-5-16(15)17/h3-6,13,20H,7-12H2,1-2H3,(H,19,23). The number of rotatable bonds is 9. The highest BCUT2D eigenvalue weighted by molar-refractivity contribution is 5.83. The SMILES string of the molecule is COCCN(CCC(=O)NCCc1c[nH]c2ccccc12)C(C)=O. The van der Waals surface area contributed by atoms with Gasteiger partial charge in [0.15, 0.2) is 0 Å². The number of aromatic amines is 1. The number of nitrogens with one attached hydrogen (secondary N) is 2. The second-order valence-corrected chi connectivity index (χ2v) is 5.71. The first-order chi connectivity index (χ1) is 11.6. The zero-order chi connectivity index (χ0) is 17.4. The predicted molar refractivity (Wildman–Crippen MR) is 93.8 cm³/mol. The number of methoxy groups -OCH3 is 1. The molecule has 0 saturated heterocycles. The summed E-state index contributed by atoms with van der Waals surface area (Å²) in [6, 6.07) is 8.11. The summed E-state index contributed by atoms with van der Waals surface area (Å²) < 4.78 is 4.97. The zero-order valence-electron chi connectivity index (χ0n) is 14.3. The van der Waals surface area contributed by atoms with Crippen LogP contribution in [0.3, 0.4) is 0 Å². The molecule has 24 heavy (non-hydrogen) atoms. The third kappa shape index (κ3) is 5.09. The maximum Gasteiger partial charge on any atom is 0.221 e. The molecule has 1 heterocycles. The summed E-state index contributed by atoms with van der Waals surface area (Å²) in [6.45, 7) is 3.48. The Bertz CT molecular complexity index is 681. The van der Waals surface area contributed by atoms with Gasteiger partial charge in [0, 0.05) is 57.2 Å². The van der Waals surface area contributed by atoms with Crippen LogP contribution in [0, 0.1) is 0 Å². The van der Waals surface area contributed by atoms with Crippen molar-refractivity contribution in [3.63, 3.8) is 0 Å². The first-order valence-electron chi connectivity index (χ1n) is 8.18. The fourth-order valence-electron chi connectivity index (χ4n) is 2.63. The molecule has 130 valence electrons. The molecule has 0 aliphatic carbocycles. The molecule has 0 atom stereocenters. The number of nitrogens with zero attached hydrogens (tertiary/aromatic N) is 1. The molecule has 2 amide bonds. The van der Waals surface area contributed by atoms with E-state index >= 15 is 0 Å². The average Bonchev–Trinajstić information content (AvgIpc) is 2.98. The van der Waals surface area contributed by atoms with Crippen LogP contribution in [0.4, 0.5) is 0 Å². The topological polar surface area (TPSA) is 74.4 Å². The Morgan fingerprint density at radius 2 is 2.04 bits per heavy atom. The number of hydrogen-bond donors (Lipinski definition) is 2. The van der Waals surface area contributed by atoms with E-state index in [1.54, 1.807) is 12.0 Å². The van der Waals surface area contributed by atoms with E-state index in [1.165, 1.54) is 17.9 Å². The van der Waals surface area contributed by atoms with Gasteiger partial charge in [-0.2, -0.15) is 0 Å². The van der Waals surface area contributed by atoms with Crippen molar-refractivity contribution >= 4 is 22.7 Å². The third-order valence-corrected chi connectivity index (χ3v) is 4.01. The Morgan fingerprint density at radius 1 is 1.25 bits per heavy atom. The van der Waals surface area contributed by atoms with Gasteiger partial charge in [-0.25, -0.2) is 0 Å². The average molecular weight is 331 g/mol. The molecular formula is C18H25N3O3. The largest absolute Gasteiger partial charge is 0.383 e. The molecule has 1 aromatic carbocycles. The summed E-state index contributed by atoms with van der Waals surface area (Å²) in [5.74, 6) is -0.0860. The highest BCUT2D eigenvalue weighted by Gasteiger charge is 2.11. The number of ether oxygens (including phenoxy) is 1. The van der Waals surface area contributed by atoms with Gasteiger partial charge in [0.05, 0.1) is 6.61 Å². The molecule has 0 aliphatic rings. The first-order valence-corrected chi connectivity index (χ1v) is 8.18. The van der Waals surface area contributed by atoms with Crippen molar-refractivity contribution in [1.29, 1.82) is 0 Å². The number of benzene rings is 1. The van der Waals surface area contributed by atoms with Gasteiger partial charge in [0.25, 0.3) is 0 Å².